The highest BCUT2D eigenvalue weighted by molar-refractivity contribution is 9.10. The second kappa shape index (κ2) is 7.57. The fraction of sp³-hybridized carbons (Fsp3) is 0.385. The number of halogens is 1. The van der Waals surface area contributed by atoms with Gasteiger partial charge in [0.1, 0.15) is 0 Å². The molecule has 0 aliphatic heterocycles. The number of thiocarbonyl (C=S) groups is 1. The van der Waals surface area contributed by atoms with Crippen LogP contribution in [0.3, 0.4) is 0 Å². The number of hydrogen-bond donors (Lipinski definition) is 2. The fourth-order valence-electron chi connectivity index (χ4n) is 1.56. The van der Waals surface area contributed by atoms with Crippen LogP contribution < -0.4 is 11.1 Å². The normalized spacial score (nSPS) is 10.8. The maximum absolute atomic E-state index is 12.0. The van der Waals surface area contributed by atoms with E-state index in [4.69, 9.17) is 18.0 Å². The summed E-state index contributed by atoms with van der Waals surface area (Å²) < 4.78 is 0.855. The molecule has 0 aliphatic rings. The number of amides is 1. The van der Waals surface area contributed by atoms with Gasteiger partial charge in [-0.3, -0.25) is 9.69 Å². The van der Waals surface area contributed by atoms with Crippen molar-refractivity contribution in [1.29, 1.82) is 0 Å². The van der Waals surface area contributed by atoms with Gasteiger partial charge in [-0.25, -0.2) is 0 Å². The maximum Gasteiger partial charge on any atom is 0.238 e. The zero-order chi connectivity index (χ0) is 14.4. The van der Waals surface area contributed by atoms with Gasteiger partial charge in [-0.2, -0.15) is 0 Å². The molecule has 0 heterocycles. The molecule has 0 fully saturated rings. The van der Waals surface area contributed by atoms with Gasteiger partial charge in [-0.15, -0.1) is 0 Å². The molecule has 1 rings (SSSR count). The van der Waals surface area contributed by atoms with Gasteiger partial charge in [0, 0.05) is 17.1 Å². The van der Waals surface area contributed by atoms with Crippen LogP contribution in [0.25, 0.3) is 0 Å². The Labute approximate surface area is 127 Å². The fourth-order valence-corrected chi connectivity index (χ4v) is 2.11. The number of nitrogens with two attached hydrogens (primary N) is 1. The Morgan fingerprint density at radius 2 is 2.05 bits per heavy atom. The van der Waals surface area contributed by atoms with Gasteiger partial charge in [0.05, 0.1) is 17.2 Å². The average molecular weight is 344 g/mol. The van der Waals surface area contributed by atoms with Crippen LogP contribution in [0.15, 0.2) is 28.7 Å². The molecule has 19 heavy (non-hydrogen) atoms. The molecule has 0 spiro atoms. The van der Waals surface area contributed by atoms with E-state index in [1.807, 2.05) is 43.0 Å². The summed E-state index contributed by atoms with van der Waals surface area (Å²) in [5.41, 5.74) is 6.29. The highest BCUT2D eigenvalue weighted by Crippen LogP contribution is 2.21. The first kappa shape index (κ1) is 16.1. The standard InChI is InChI=1S/C13H18BrN3OS/c1-9(2)17(7-12(15)19)8-13(18)16-11-6-4-3-5-10(11)14/h3-6,9H,7-8H2,1-2H3,(H2,15,19)(H,16,18). The van der Waals surface area contributed by atoms with Crippen molar-refractivity contribution in [2.24, 2.45) is 5.73 Å². The Morgan fingerprint density at radius 3 is 2.58 bits per heavy atom. The molecule has 0 saturated carbocycles. The lowest BCUT2D eigenvalue weighted by Gasteiger charge is -2.25. The van der Waals surface area contributed by atoms with Gasteiger partial charge in [0.2, 0.25) is 5.91 Å². The Balaban J connectivity index is 2.63. The molecule has 0 bridgehead atoms. The van der Waals surface area contributed by atoms with Crippen LogP contribution in [-0.2, 0) is 4.79 Å². The van der Waals surface area contributed by atoms with Crippen LogP contribution in [0.2, 0.25) is 0 Å². The first-order valence-corrected chi connectivity index (χ1v) is 7.17. The summed E-state index contributed by atoms with van der Waals surface area (Å²) in [4.78, 5) is 14.3. The molecule has 4 nitrogen and oxygen atoms in total. The number of carbonyl (C=O) groups excluding carboxylic acids is 1. The molecule has 1 aromatic rings. The highest BCUT2D eigenvalue weighted by Gasteiger charge is 2.15. The molecule has 1 amide bonds. The van der Waals surface area contributed by atoms with E-state index >= 15 is 0 Å². The summed E-state index contributed by atoms with van der Waals surface area (Å²) in [6, 6.07) is 7.69. The van der Waals surface area contributed by atoms with Crippen molar-refractivity contribution in [3.63, 3.8) is 0 Å². The minimum absolute atomic E-state index is 0.0862. The minimum atomic E-state index is -0.0862. The molecule has 3 N–H and O–H groups in total. The van der Waals surface area contributed by atoms with E-state index in [2.05, 4.69) is 21.2 Å². The third-order valence-electron chi connectivity index (χ3n) is 2.58. The molecule has 104 valence electrons. The number of benzene rings is 1. The quantitative estimate of drug-likeness (QED) is 0.778. The van der Waals surface area contributed by atoms with Gasteiger partial charge in [-0.1, -0.05) is 24.4 Å². The number of carbonyl (C=O) groups is 1. The second-order valence-electron chi connectivity index (χ2n) is 4.49. The molecule has 0 saturated heterocycles. The van der Waals surface area contributed by atoms with Gasteiger partial charge in [0.15, 0.2) is 0 Å². The van der Waals surface area contributed by atoms with E-state index in [0.717, 1.165) is 10.2 Å². The van der Waals surface area contributed by atoms with Gasteiger partial charge in [0.25, 0.3) is 0 Å². The van der Waals surface area contributed by atoms with Crippen molar-refractivity contribution in [2.45, 2.75) is 19.9 Å². The lowest BCUT2D eigenvalue weighted by molar-refractivity contribution is -0.117. The van der Waals surface area contributed by atoms with Crippen LogP contribution in [0.5, 0.6) is 0 Å². The van der Waals surface area contributed by atoms with Crippen molar-refractivity contribution >= 4 is 44.7 Å². The number of anilines is 1. The minimum Gasteiger partial charge on any atom is -0.392 e. The number of nitrogens with one attached hydrogen (secondary N) is 1. The van der Waals surface area contributed by atoms with Crippen LogP contribution in [-0.4, -0.2) is 34.9 Å². The van der Waals surface area contributed by atoms with Crippen LogP contribution >= 0.6 is 28.1 Å². The molecular weight excluding hydrogens is 326 g/mol. The third-order valence-corrected chi connectivity index (χ3v) is 3.40. The topological polar surface area (TPSA) is 58.4 Å². The van der Waals surface area contributed by atoms with E-state index in [1.165, 1.54) is 0 Å². The molecule has 0 aromatic heterocycles. The van der Waals surface area contributed by atoms with E-state index in [1.54, 1.807) is 0 Å². The smallest absolute Gasteiger partial charge is 0.238 e. The van der Waals surface area contributed by atoms with Crippen molar-refractivity contribution < 1.29 is 4.79 Å². The van der Waals surface area contributed by atoms with Gasteiger partial charge < -0.3 is 11.1 Å². The Bertz CT molecular complexity index is 465. The molecule has 6 heteroatoms. The van der Waals surface area contributed by atoms with Crippen molar-refractivity contribution in [1.82, 2.24) is 4.90 Å². The number of rotatable bonds is 6. The molecule has 0 atom stereocenters. The Kier molecular flexibility index (Phi) is 6.41. The third kappa shape index (κ3) is 5.67. The molecule has 0 aliphatic carbocycles. The Hall–Kier alpha value is -0.980. The summed E-state index contributed by atoms with van der Waals surface area (Å²) in [6.07, 6.45) is 0. The number of hydrogen-bond acceptors (Lipinski definition) is 3. The number of para-hydroxylation sites is 1. The lowest BCUT2D eigenvalue weighted by atomic mass is 10.3. The van der Waals surface area contributed by atoms with E-state index in [-0.39, 0.29) is 18.5 Å². The van der Waals surface area contributed by atoms with Crippen molar-refractivity contribution in [3.8, 4) is 0 Å². The van der Waals surface area contributed by atoms with Crippen LogP contribution in [0.1, 0.15) is 13.8 Å². The second-order valence-corrected chi connectivity index (χ2v) is 5.87. The van der Waals surface area contributed by atoms with Gasteiger partial charge >= 0.3 is 0 Å². The van der Waals surface area contributed by atoms with E-state index in [9.17, 15) is 4.79 Å². The average Bonchev–Trinajstić information content (AvgIpc) is 2.30. The highest BCUT2D eigenvalue weighted by atomic mass is 79.9. The van der Waals surface area contributed by atoms with E-state index < -0.39 is 0 Å². The lowest BCUT2D eigenvalue weighted by Crippen LogP contribution is -2.42. The summed E-state index contributed by atoms with van der Waals surface area (Å²) in [5, 5.41) is 2.86. The summed E-state index contributed by atoms with van der Waals surface area (Å²) in [6.45, 7) is 4.71. The monoisotopic (exact) mass is 343 g/mol. The van der Waals surface area contributed by atoms with Crippen LogP contribution in [0, 0.1) is 0 Å². The largest absolute Gasteiger partial charge is 0.392 e. The molecule has 1 aromatic carbocycles. The predicted molar refractivity (Wildman–Crippen MR) is 86.3 cm³/mol. The first-order chi connectivity index (χ1) is 8.90. The Morgan fingerprint density at radius 1 is 1.42 bits per heavy atom. The predicted octanol–water partition coefficient (Wildman–Crippen LogP) is 2.38. The summed E-state index contributed by atoms with van der Waals surface area (Å²) in [7, 11) is 0. The first-order valence-electron chi connectivity index (χ1n) is 5.97. The molecule has 0 radical (unpaired) electrons. The molecular formula is C13H18BrN3OS. The SMILES string of the molecule is CC(C)N(CC(=O)Nc1ccccc1Br)CC(N)=S. The van der Waals surface area contributed by atoms with E-state index in [0.29, 0.717) is 11.5 Å². The zero-order valence-electron chi connectivity index (χ0n) is 11.0. The summed E-state index contributed by atoms with van der Waals surface area (Å²) in [5.74, 6) is -0.0862. The molecule has 0 unspecified atom stereocenters. The van der Waals surface area contributed by atoms with Crippen molar-refractivity contribution in [2.75, 3.05) is 18.4 Å². The number of nitrogens with zero attached hydrogens (tertiary/aromatic N) is 1. The summed E-state index contributed by atoms with van der Waals surface area (Å²) >= 11 is 8.28. The maximum atomic E-state index is 12.0. The zero-order valence-corrected chi connectivity index (χ0v) is 13.4. The van der Waals surface area contributed by atoms with Crippen molar-refractivity contribution in [3.05, 3.63) is 28.7 Å². The van der Waals surface area contributed by atoms with Gasteiger partial charge in [-0.05, 0) is 41.9 Å². The van der Waals surface area contributed by atoms with Crippen LogP contribution in [0.4, 0.5) is 5.69 Å².